The molecule has 0 aliphatic carbocycles. The van der Waals surface area contributed by atoms with Gasteiger partial charge in [0.25, 0.3) is 0 Å². The number of nitrogens with two attached hydrogens (primary N) is 1. The summed E-state index contributed by atoms with van der Waals surface area (Å²) in [5.41, 5.74) is 7.63. The summed E-state index contributed by atoms with van der Waals surface area (Å²) in [6.07, 6.45) is 3.26. The highest BCUT2D eigenvalue weighted by Crippen LogP contribution is 2.25. The van der Waals surface area contributed by atoms with Gasteiger partial charge in [0.2, 0.25) is 0 Å². The van der Waals surface area contributed by atoms with Crippen LogP contribution in [0.1, 0.15) is 5.56 Å². The fourth-order valence-electron chi connectivity index (χ4n) is 1.21. The van der Waals surface area contributed by atoms with Crippen LogP contribution in [0.25, 0.3) is 0 Å². The molecule has 0 aliphatic rings. The van der Waals surface area contributed by atoms with Crippen molar-refractivity contribution >= 4 is 29.1 Å². The molecule has 0 unspecified atom stereocenters. The van der Waals surface area contributed by atoms with Gasteiger partial charge >= 0.3 is 0 Å². The molecule has 1 aromatic carbocycles. The minimum Gasteiger partial charge on any atom is -0.398 e. The first kappa shape index (κ1) is 11.2. The van der Waals surface area contributed by atoms with Crippen molar-refractivity contribution in [1.82, 2.24) is 9.97 Å². The van der Waals surface area contributed by atoms with Crippen molar-refractivity contribution < 1.29 is 0 Å². The van der Waals surface area contributed by atoms with Crippen molar-refractivity contribution in [2.45, 2.75) is 10.8 Å². The Bertz CT molecular complexity index is 476. The van der Waals surface area contributed by atoms with E-state index in [2.05, 4.69) is 9.97 Å². The van der Waals surface area contributed by atoms with Crippen LogP contribution in [0, 0.1) is 0 Å². The summed E-state index contributed by atoms with van der Waals surface area (Å²) in [4.78, 5) is 7.99. The molecule has 0 amide bonds. The van der Waals surface area contributed by atoms with Gasteiger partial charge in [0, 0.05) is 22.7 Å². The molecular weight excluding hydrogens is 242 g/mol. The van der Waals surface area contributed by atoms with Crippen molar-refractivity contribution in [2.75, 3.05) is 5.73 Å². The number of benzene rings is 1. The molecule has 0 fully saturated rings. The highest BCUT2D eigenvalue weighted by atomic mass is 35.5. The Morgan fingerprint density at radius 2 is 2.19 bits per heavy atom. The Hall–Kier alpha value is -1.26. The third kappa shape index (κ3) is 2.87. The van der Waals surface area contributed by atoms with Crippen LogP contribution in [-0.2, 0) is 5.75 Å². The maximum atomic E-state index is 5.86. The van der Waals surface area contributed by atoms with E-state index < -0.39 is 0 Å². The maximum Gasteiger partial charge on any atom is 0.116 e. The van der Waals surface area contributed by atoms with Gasteiger partial charge in [0.05, 0.1) is 5.03 Å². The quantitative estimate of drug-likeness (QED) is 0.518. The lowest BCUT2D eigenvalue weighted by Gasteiger charge is -2.05. The van der Waals surface area contributed by atoms with E-state index in [9.17, 15) is 0 Å². The average molecular weight is 252 g/mol. The van der Waals surface area contributed by atoms with E-state index in [-0.39, 0.29) is 0 Å². The van der Waals surface area contributed by atoms with Gasteiger partial charge in [-0.25, -0.2) is 9.97 Å². The van der Waals surface area contributed by atoms with Crippen molar-refractivity contribution in [3.8, 4) is 0 Å². The number of thioether (sulfide) groups is 1. The number of anilines is 1. The third-order valence-electron chi connectivity index (χ3n) is 2.04. The second-order valence-electron chi connectivity index (χ2n) is 3.18. The summed E-state index contributed by atoms with van der Waals surface area (Å²) in [7, 11) is 0. The van der Waals surface area contributed by atoms with Gasteiger partial charge in [0.1, 0.15) is 6.33 Å². The molecule has 5 heteroatoms. The molecule has 3 nitrogen and oxygen atoms in total. The molecule has 82 valence electrons. The summed E-state index contributed by atoms with van der Waals surface area (Å²) >= 11 is 7.45. The van der Waals surface area contributed by atoms with Gasteiger partial charge in [0.15, 0.2) is 0 Å². The molecule has 2 N–H and O–H groups in total. The number of aromatic nitrogens is 2. The van der Waals surface area contributed by atoms with Crippen LogP contribution in [0.3, 0.4) is 0 Å². The van der Waals surface area contributed by atoms with Gasteiger partial charge in [-0.05, 0) is 23.8 Å². The van der Waals surface area contributed by atoms with E-state index in [4.69, 9.17) is 17.3 Å². The number of halogens is 1. The number of nitrogen functional groups attached to an aromatic ring is 1. The van der Waals surface area contributed by atoms with Crippen LogP contribution in [0.2, 0.25) is 5.02 Å². The van der Waals surface area contributed by atoms with E-state index in [0.29, 0.717) is 10.7 Å². The second-order valence-corrected chi connectivity index (χ2v) is 4.61. The summed E-state index contributed by atoms with van der Waals surface area (Å²) in [5, 5.41) is 1.60. The summed E-state index contributed by atoms with van der Waals surface area (Å²) in [6, 6.07) is 7.41. The van der Waals surface area contributed by atoms with Crippen LogP contribution < -0.4 is 5.73 Å². The molecule has 1 aromatic heterocycles. The predicted molar refractivity (Wildman–Crippen MR) is 67.5 cm³/mol. The predicted octanol–water partition coefficient (Wildman–Crippen LogP) is 3.00. The van der Waals surface area contributed by atoms with Crippen molar-refractivity contribution in [3.63, 3.8) is 0 Å². The van der Waals surface area contributed by atoms with Crippen LogP contribution in [0.5, 0.6) is 0 Å². The molecule has 16 heavy (non-hydrogen) atoms. The molecule has 0 atom stereocenters. The molecule has 2 aromatic rings. The van der Waals surface area contributed by atoms with Crippen LogP contribution in [-0.4, -0.2) is 9.97 Å². The maximum absolute atomic E-state index is 5.86. The lowest BCUT2D eigenvalue weighted by atomic mass is 10.2. The zero-order valence-electron chi connectivity index (χ0n) is 8.43. The number of nitrogens with zero attached hydrogens (tertiary/aromatic N) is 2. The molecule has 0 saturated carbocycles. The Morgan fingerprint density at radius 1 is 1.31 bits per heavy atom. The zero-order chi connectivity index (χ0) is 11.4. The van der Waals surface area contributed by atoms with E-state index in [0.717, 1.165) is 16.3 Å². The van der Waals surface area contributed by atoms with Crippen LogP contribution in [0.15, 0.2) is 41.8 Å². The van der Waals surface area contributed by atoms with Crippen molar-refractivity contribution in [3.05, 3.63) is 47.4 Å². The number of rotatable bonds is 3. The van der Waals surface area contributed by atoms with Gasteiger partial charge < -0.3 is 5.73 Å². The summed E-state index contributed by atoms with van der Waals surface area (Å²) in [5.74, 6) is 0.778. The largest absolute Gasteiger partial charge is 0.398 e. The SMILES string of the molecule is Nc1cc(Cl)ccc1CSc1ccncn1. The Balaban J connectivity index is 2.05. The highest BCUT2D eigenvalue weighted by molar-refractivity contribution is 7.98. The molecule has 0 spiro atoms. The Morgan fingerprint density at radius 3 is 2.88 bits per heavy atom. The first-order chi connectivity index (χ1) is 7.75. The summed E-state index contributed by atoms with van der Waals surface area (Å²) in [6.45, 7) is 0. The van der Waals surface area contributed by atoms with Crippen LogP contribution >= 0.6 is 23.4 Å². The van der Waals surface area contributed by atoms with Crippen molar-refractivity contribution in [2.24, 2.45) is 0 Å². The third-order valence-corrected chi connectivity index (χ3v) is 3.27. The van der Waals surface area contributed by atoms with Gasteiger partial charge in [-0.2, -0.15) is 0 Å². The second kappa shape index (κ2) is 5.18. The minimum absolute atomic E-state index is 0.660. The fraction of sp³-hybridized carbons (Fsp3) is 0.0909. The smallest absolute Gasteiger partial charge is 0.116 e. The van der Waals surface area contributed by atoms with Gasteiger partial charge in [-0.1, -0.05) is 17.7 Å². The van der Waals surface area contributed by atoms with Gasteiger partial charge in [-0.15, -0.1) is 11.8 Å². The average Bonchev–Trinajstić information content (AvgIpc) is 2.29. The normalized spacial score (nSPS) is 10.3. The lowest BCUT2D eigenvalue weighted by molar-refractivity contribution is 1.05. The topological polar surface area (TPSA) is 51.8 Å². The molecule has 2 rings (SSSR count). The van der Waals surface area contributed by atoms with E-state index in [1.165, 1.54) is 6.33 Å². The van der Waals surface area contributed by atoms with E-state index in [1.807, 2.05) is 18.2 Å². The first-order valence-corrected chi connectivity index (χ1v) is 6.05. The Labute approximate surface area is 103 Å². The first-order valence-electron chi connectivity index (χ1n) is 4.68. The molecule has 0 radical (unpaired) electrons. The minimum atomic E-state index is 0.660. The standard InChI is InChI=1S/C11H10ClN3S/c12-9-2-1-8(10(13)5-9)6-16-11-3-4-14-7-15-11/h1-5,7H,6,13H2. The molecular formula is C11H10ClN3S. The Kier molecular flexibility index (Phi) is 3.64. The molecule has 0 saturated heterocycles. The van der Waals surface area contributed by atoms with E-state index in [1.54, 1.807) is 24.0 Å². The van der Waals surface area contributed by atoms with Gasteiger partial charge in [-0.3, -0.25) is 0 Å². The molecule has 0 aliphatic heterocycles. The fourth-order valence-corrected chi connectivity index (χ4v) is 2.24. The lowest BCUT2D eigenvalue weighted by Crippen LogP contribution is -1.92. The van der Waals surface area contributed by atoms with Crippen LogP contribution in [0.4, 0.5) is 5.69 Å². The zero-order valence-corrected chi connectivity index (χ0v) is 10.0. The molecule has 0 bridgehead atoms. The van der Waals surface area contributed by atoms with E-state index >= 15 is 0 Å². The summed E-state index contributed by atoms with van der Waals surface area (Å²) < 4.78 is 0. The monoisotopic (exact) mass is 251 g/mol. The molecule has 1 heterocycles. The number of hydrogen-bond donors (Lipinski definition) is 1. The highest BCUT2D eigenvalue weighted by Gasteiger charge is 2.01. The van der Waals surface area contributed by atoms with Crippen molar-refractivity contribution in [1.29, 1.82) is 0 Å². The number of hydrogen-bond acceptors (Lipinski definition) is 4.